The summed E-state index contributed by atoms with van der Waals surface area (Å²) < 4.78 is 30.5. The molecule has 0 amide bonds. The summed E-state index contributed by atoms with van der Waals surface area (Å²) in [5, 5.41) is 1.96. The molecule has 0 fully saturated rings. The molecular weight excluding hydrogens is 308 g/mol. The number of nitrogens with zero attached hydrogens (tertiary/aromatic N) is 1. The van der Waals surface area contributed by atoms with Crippen molar-refractivity contribution in [3.63, 3.8) is 0 Å². The van der Waals surface area contributed by atoms with Gasteiger partial charge in [-0.05, 0) is 30.4 Å². The molecule has 0 N–H and O–H groups in total. The summed E-state index contributed by atoms with van der Waals surface area (Å²) in [6, 6.07) is 19.3. The number of hydrogen-bond donors (Lipinski definition) is 0. The Morgan fingerprint density at radius 3 is 2.13 bits per heavy atom. The predicted octanol–water partition coefficient (Wildman–Crippen LogP) is 3.40. The Morgan fingerprint density at radius 1 is 0.826 bits per heavy atom. The molecule has 0 aliphatic carbocycles. The zero-order valence-corrected chi connectivity index (χ0v) is 14.3. The fraction of sp³-hybridized carbons (Fsp3) is 0.158. The van der Waals surface area contributed by atoms with E-state index in [4.69, 9.17) is 0 Å². The van der Waals surface area contributed by atoms with E-state index in [1.165, 1.54) is 0 Å². The number of halogens is 2. The summed E-state index contributed by atoms with van der Waals surface area (Å²) in [6.07, 6.45) is 0. The van der Waals surface area contributed by atoms with Crippen LogP contribution < -0.4 is 10.4 Å². The molecule has 0 aliphatic rings. The quantitative estimate of drug-likeness (QED) is 0.524. The molecule has 0 spiro atoms. The molecule has 23 heavy (non-hydrogen) atoms. The Bertz CT molecular complexity index is 811. The van der Waals surface area contributed by atoms with Crippen molar-refractivity contribution < 1.29 is 8.22 Å². The highest BCUT2D eigenvalue weighted by atomic mass is 28.4. The Morgan fingerprint density at radius 2 is 1.48 bits per heavy atom. The smallest absolute Gasteiger partial charge is 0.305 e. The SMILES string of the molecule is CN(C)Cc1cccc2cccc([Si](F)(F)c3ccccc3)c12. The van der Waals surface area contributed by atoms with E-state index in [1.807, 2.05) is 43.3 Å². The van der Waals surface area contributed by atoms with Gasteiger partial charge < -0.3 is 4.90 Å². The normalized spacial score (nSPS) is 12.0. The first-order chi connectivity index (χ1) is 11.0. The van der Waals surface area contributed by atoms with Gasteiger partial charge in [-0.2, -0.15) is 0 Å². The lowest BCUT2D eigenvalue weighted by Gasteiger charge is -2.19. The third kappa shape index (κ3) is 3.05. The Hall–Kier alpha value is -2.04. The third-order valence-electron chi connectivity index (χ3n) is 3.95. The molecule has 0 saturated heterocycles. The fourth-order valence-corrected chi connectivity index (χ4v) is 4.80. The molecule has 0 heterocycles. The molecule has 0 saturated carbocycles. The molecule has 0 aliphatic heterocycles. The van der Waals surface area contributed by atoms with Gasteiger partial charge in [-0.15, -0.1) is 0 Å². The molecule has 4 heteroatoms. The Balaban J connectivity index is 2.25. The van der Waals surface area contributed by atoms with Gasteiger partial charge in [-0.1, -0.05) is 66.7 Å². The summed E-state index contributed by atoms with van der Waals surface area (Å²) >= 11 is 0. The second-order valence-electron chi connectivity index (χ2n) is 6.00. The molecule has 1 nitrogen and oxygen atoms in total. The Labute approximate surface area is 136 Å². The minimum Gasteiger partial charge on any atom is -0.305 e. The van der Waals surface area contributed by atoms with Crippen molar-refractivity contribution in [3.05, 3.63) is 72.3 Å². The van der Waals surface area contributed by atoms with Crippen molar-refractivity contribution in [2.75, 3.05) is 14.1 Å². The number of hydrogen-bond acceptors (Lipinski definition) is 1. The maximum atomic E-state index is 15.3. The van der Waals surface area contributed by atoms with Gasteiger partial charge in [0.05, 0.1) is 0 Å². The molecule has 118 valence electrons. The maximum absolute atomic E-state index is 15.3. The lowest BCUT2D eigenvalue weighted by atomic mass is 10.0. The first-order valence-electron chi connectivity index (χ1n) is 7.59. The van der Waals surface area contributed by atoms with Crippen LogP contribution in [0.15, 0.2) is 66.7 Å². The second kappa shape index (κ2) is 6.22. The van der Waals surface area contributed by atoms with Gasteiger partial charge >= 0.3 is 8.74 Å². The van der Waals surface area contributed by atoms with Crippen LogP contribution >= 0.6 is 0 Å². The molecule has 0 unspecified atom stereocenters. The summed E-state index contributed by atoms with van der Waals surface area (Å²) in [7, 11) is -0.816. The van der Waals surface area contributed by atoms with Crippen LogP contribution in [0.3, 0.4) is 0 Å². The molecule has 3 aromatic carbocycles. The van der Waals surface area contributed by atoms with Crippen LogP contribution in [0.1, 0.15) is 5.56 Å². The topological polar surface area (TPSA) is 3.24 Å². The van der Waals surface area contributed by atoms with Crippen molar-refractivity contribution in [2.45, 2.75) is 6.54 Å². The highest BCUT2D eigenvalue weighted by Gasteiger charge is 2.42. The van der Waals surface area contributed by atoms with Gasteiger partial charge in [-0.25, -0.2) is 0 Å². The van der Waals surface area contributed by atoms with E-state index in [0.717, 1.165) is 10.9 Å². The standard InChI is InChI=1S/C19H19F2NSi/c1-22(2)14-16-10-6-8-15-9-7-13-18(19(15)16)23(20,21)17-11-4-3-5-12-17/h3-13H,14H2,1-2H3. The van der Waals surface area contributed by atoms with E-state index >= 15 is 8.22 Å². The predicted molar refractivity (Wildman–Crippen MR) is 95.0 cm³/mol. The zero-order chi connectivity index (χ0) is 16.4. The van der Waals surface area contributed by atoms with Crippen molar-refractivity contribution in [3.8, 4) is 0 Å². The molecule has 0 atom stereocenters. The van der Waals surface area contributed by atoms with E-state index < -0.39 is 8.74 Å². The van der Waals surface area contributed by atoms with Gasteiger partial charge in [0, 0.05) is 16.9 Å². The Kier molecular flexibility index (Phi) is 4.28. The number of benzene rings is 3. The van der Waals surface area contributed by atoms with Crippen LogP contribution in [0.25, 0.3) is 10.8 Å². The van der Waals surface area contributed by atoms with Crippen molar-refractivity contribution in [1.29, 1.82) is 0 Å². The van der Waals surface area contributed by atoms with Crippen LogP contribution in [0.5, 0.6) is 0 Å². The molecule has 3 rings (SSSR count). The van der Waals surface area contributed by atoms with Crippen molar-refractivity contribution >= 4 is 29.9 Å². The zero-order valence-electron chi connectivity index (χ0n) is 13.3. The fourth-order valence-electron chi connectivity index (χ4n) is 2.96. The average molecular weight is 327 g/mol. The number of fused-ring (bicyclic) bond motifs is 1. The van der Waals surface area contributed by atoms with Gasteiger partial charge in [-0.3, -0.25) is 8.22 Å². The van der Waals surface area contributed by atoms with E-state index in [2.05, 4.69) is 0 Å². The molecule has 0 radical (unpaired) electrons. The summed E-state index contributed by atoms with van der Waals surface area (Å²) in [5.74, 6) is 0. The minimum absolute atomic E-state index is 0.159. The van der Waals surface area contributed by atoms with Crippen LogP contribution in [0, 0.1) is 0 Å². The highest BCUT2D eigenvalue weighted by Crippen LogP contribution is 2.22. The lowest BCUT2D eigenvalue weighted by Crippen LogP contribution is -2.51. The van der Waals surface area contributed by atoms with Gasteiger partial charge in [0.2, 0.25) is 0 Å². The highest BCUT2D eigenvalue weighted by molar-refractivity contribution is 6.93. The van der Waals surface area contributed by atoms with E-state index in [9.17, 15) is 0 Å². The van der Waals surface area contributed by atoms with E-state index in [1.54, 1.807) is 42.5 Å². The van der Waals surface area contributed by atoms with Gasteiger partial charge in [0.15, 0.2) is 0 Å². The third-order valence-corrected chi connectivity index (χ3v) is 6.10. The van der Waals surface area contributed by atoms with Crippen LogP contribution in [0.4, 0.5) is 8.22 Å². The molecular formula is C19H19F2NSi. The van der Waals surface area contributed by atoms with E-state index in [-0.39, 0.29) is 10.4 Å². The van der Waals surface area contributed by atoms with E-state index in [0.29, 0.717) is 11.9 Å². The molecule has 3 aromatic rings. The van der Waals surface area contributed by atoms with Crippen molar-refractivity contribution in [1.82, 2.24) is 4.90 Å². The van der Waals surface area contributed by atoms with Gasteiger partial charge in [0.25, 0.3) is 0 Å². The maximum Gasteiger partial charge on any atom is 0.488 e. The summed E-state index contributed by atoms with van der Waals surface area (Å²) in [6.45, 7) is 0.646. The van der Waals surface area contributed by atoms with Gasteiger partial charge in [0.1, 0.15) is 0 Å². The van der Waals surface area contributed by atoms with Crippen LogP contribution in [-0.2, 0) is 6.54 Å². The first-order valence-corrected chi connectivity index (χ1v) is 9.35. The van der Waals surface area contributed by atoms with Crippen LogP contribution in [-0.4, -0.2) is 27.7 Å². The average Bonchev–Trinajstić information content (AvgIpc) is 2.55. The second-order valence-corrected chi connectivity index (χ2v) is 8.26. The number of rotatable bonds is 4. The van der Waals surface area contributed by atoms with Crippen molar-refractivity contribution in [2.24, 2.45) is 0 Å². The summed E-state index contributed by atoms with van der Waals surface area (Å²) in [4.78, 5) is 2.01. The largest absolute Gasteiger partial charge is 0.488 e. The first kappa shape index (κ1) is 15.8. The van der Waals surface area contributed by atoms with Crippen LogP contribution in [0.2, 0.25) is 0 Å². The lowest BCUT2D eigenvalue weighted by molar-refractivity contribution is 0.404. The minimum atomic E-state index is -4.72. The molecule has 0 bridgehead atoms. The summed E-state index contributed by atoms with van der Waals surface area (Å²) in [5.41, 5.74) is 0.950. The monoisotopic (exact) mass is 327 g/mol. The molecule has 0 aromatic heterocycles.